The van der Waals surface area contributed by atoms with Gasteiger partial charge in [0.2, 0.25) is 0 Å². The Balaban J connectivity index is 3.12. The van der Waals surface area contributed by atoms with E-state index in [1.54, 1.807) is 0 Å². The summed E-state index contributed by atoms with van der Waals surface area (Å²) in [7, 11) is 1.30. The highest BCUT2D eigenvalue weighted by molar-refractivity contribution is 5.33. The summed E-state index contributed by atoms with van der Waals surface area (Å²) in [6.45, 7) is 1.15. The molecule has 0 aliphatic rings. The van der Waals surface area contributed by atoms with Crippen molar-refractivity contribution in [2.24, 2.45) is 5.73 Å². The number of benzene rings is 1. The van der Waals surface area contributed by atoms with Crippen molar-refractivity contribution < 1.29 is 17.9 Å². The molecular weight excluding hydrogens is 207 g/mol. The number of rotatable bonds is 3. The van der Waals surface area contributed by atoms with Crippen LogP contribution in [-0.4, -0.2) is 13.5 Å². The molecule has 5 heteroatoms. The minimum atomic E-state index is -2.76. The van der Waals surface area contributed by atoms with Gasteiger partial charge in [0.05, 0.1) is 12.6 Å². The average molecular weight is 219 g/mol. The third-order valence-corrected chi connectivity index (χ3v) is 2.23. The van der Waals surface area contributed by atoms with Crippen LogP contribution in [0.1, 0.15) is 12.5 Å². The second kappa shape index (κ2) is 4.10. The van der Waals surface area contributed by atoms with Gasteiger partial charge in [-0.2, -0.15) is 0 Å². The zero-order valence-corrected chi connectivity index (χ0v) is 8.43. The highest BCUT2D eigenvalue weighted by atomic mass is 19.3. The van der Waals surface area contributed by atoms with Crippen molar-refractivity contribution in [3.05, 3.63) is 29.6 Å². The molecule has 15 heavy (non-hydrogen) atoms. The molecule has 0 radical (unpaired) electrons. The summed E-state index contributed by atoms with van der Waals surface area (Å²) in [4.78, 5) is 0. The molecule has 2 N–H and O–H groups in total. The maximum absolute atomic E-state index is 13.2. The van der Waals surface area contributed by atoms with E-state index in [1.807, 2.05) is 0 Å². The highest BCUT2D eigenvalue weighted by Crippen LogP contribution is 2.28. The van der Waals surface area contributed by atoms with Gasteiger partial charge in [0.15, 0.2) is 11.6 Å². The van der Waals surface area contributed by atoms with Gasteiger partial charge >= 0.3 is 0 Å². The van der Waals surface area contributed by atoms with Crippen molar-refractivity contribution >= 4 is 0 Å². The van der Waals surface area contributed by atoms with E-state index >= 15 is 0 Å². The van der Waals surface area contributed by atoms with E-state index in [4.69, 9.17) is 5.73 Å². The third kappa shape index (κ3) is 2.23. The number of hydrogen-bond acceptors (Lipinski definition) is 2. The maximum Gasteiger partial charge on any atom is 0.260 e. The van der Waals surface area contributed by atoms with E-state index in [2.05, 4.69) is 4.74 Å². The second-order valence-corrected chi connectivity index (χ2v) is 3.43. The largest absolute Gasteiger partial charge is 0.494 e. The Hall–Kier alpha value is -1.23. The topological polar surface area (TPSA) is 35.2 Å². The summed E-state index contributed by atoms with van der Waals surface area (Å²) in [6, 6.07) is 3.57. The van der Waals surface area contributed by atoms with Gasteiger partial charge in [-0.25, -0.2) is 13.2 Å². The summed E-state index contributed by atoms with van der Waals surface area (Å²) in [5.74, 6) is -0.698. The molecule has 0 saturated carbocycles. The summed E-state index contributed by atoms with van der Waals surface area (Å²) in [6.07, 6.45) is -2.76. The van der Waals surface area contributed by atoms with E-state index in [9.17, 15) is 13.2 Å². The van der Waals surface area contributed by atoms with E-state index in [0.717, 1.165) is 13.0 Å². The Morgan fingerprint density at radius 1 is 1.40 bits per heavy atom. The molecule has 0 amide bonds. The monoisotopic (exact) mass is 219 g/mol. The molecule has 0 bridgehead atoms. The van der Waals surface area contributed by atoms with Crippen LogP contribution in [0.3, 0.4) is 0 Å². The minimum Gasteiger partial charge on any atom is -0.494 e. The van der Waals surface area contributed by atoms with Gasteiger partial charge in [0, 0.05) is 0 Å². The fourth-order valence-corrected chi connectivity index (χ4v) is 1.13. The van der Waals surface area contributed by atoms with Crippen molar-refractivity contribution in [2.75, 3.05) is 7.11 Å². The third-order valence-electron chi connectivity index (χ3n) is 2.23. The summed E-state index contributed by atoms with van der Waals surface area (Å²) >= 11 is 0. The van der Waals surface area contributed by atoms with Gasteiger partial charge in [-0.1, -0.05) is 6.07 Å². The lowest BCUT2D eigenvalue weighted by Crippen LogP contribution is -2.40. The van der Waals surface area contributed by atoms with Crippen LogP contribution in [0.25, 0.3) is 0 Å². The summed E-state index contributed by atoms with van der Waals surface area (Å²) < 4.78 is 43.0. The van der Waals surface area contributed by atoms with Crippen LogP contribution in [0.15, 0.2) is 18.2 Å². The maximum atomic E-state index is 13.2. The van der Waals surface area contributed by atoms with Crippen LogP contribution in [0.4, 0.5) is 13.2 Å². The lowest BCUT2D eigenvalue weighted by molar-refractivity contribution is 0.0623. The second-order valence-electron chi connectivity index (χ2n) is 3.43. The standard InChI is InChI=1S/C10H12F3NO/c1-10(14,9(12)13)6-3-4-8(15-2)7(11)5-6/h3-5,9H,14H2,1-2H3. The van der Waals surface area contributed by atoms with Crippen LogP contribution in [0.5, 0.6) is 5.75 Å². The predicted octanol–water partition coefficient (Wildman–Crippen LogP) is 2.27. The van der Waals surface area contributed by atoms with Crippen LogP contribution in [-0.2, 0) is 5.54 Å². The molecule has 1 rings (SSSR count). The molecule has 1 atom stereocenters. The Labute approximate surface area is 85.8 Å². The van der Waals surface area contributed by atoms with Gasteiger partial charge in [-0.15, -0.1) is 0 Å². The lowest BCUT2D eigenvalue weighted by atomic mass is 9.93. The molecule has 0 spiro atoms. The van der Waals surface area contributed by atoms with Gasteiger partial charge in [0.25, 0.3) is 6.43 Å². The van der Waals surface area contributed by atoms with Crippen LogP contribution >= 0.6 is 0 Å². The van der Waals surface area contributed by atoms with Gasteiger partial charge in [-0.05, 0) is 24.6 Å². The van der Waals surface area contributed by atoms with Gasteiger partial charge < -0.3 is 10.5 Å². The van der Waals surface area contributed by atoms with Crippen molar-refractivity contribution in [3.8, 4) is 5.75 Å². The number of halogens is 3. The molecule has 0 aliphatic carbocycles. The molecule has 1 unspecified atom stereocenters. The Morgan fingerprint density at radius 3 is 2.40 bits per heavy atom. The predicted molar refractivity (Wildman–Crippen MR) is 50.5 cm³/mol. The number of methoxy groups -OCH3 is 1. The molecule has 0 heterocycles. The summed E-state index contributed by atoms with van der Waals surface area (Å²) in [5, 5.41) is 0. The minimum absolute atomic E-state index is 0.00353. The Kier molecular flexibility index (Phi) is 3.24. The first-order valence-corrected chi connectivity index (χ1v) is 4.30. The molecule has 0 fully saturated rings. The van der Waals surface area contributed by atoms with Crippen molar-refractivity contribution in [1.82, 2.24) is 0 Å². The van der Waals surface area contributed by atoms with Crippen molar-refractivity contribution in [1.29, 1.82) is 0 Å². The van der Waals surface area contributed by atoms with Crippen LogP contribution < -0.4 is 10.5 Å². The van der Waals surface area contributed by atoms with E-state index < -0.39 is 17.8 Å². The molecule has 2 nitrogen and oxygen atoms in total. The summed E-state index contributed by atoms with van der Waals surface area (Å²) in [5.41, 5.74) is 3.57. The fourth-order valence-electron chi connectivity index (χ4n) is 1.13. The molecule has 1 aromatic rings. The number of alkyl halides is 2. The molecule has 0 aromatic heterocycles. The van der Waals surface area contributed by atoms with E-state index in [1.165, 1.54) is 19.2 Å². The zero-order chi connectivity index (χ0) is 11.6. The zero-order valence-electron chi connectivity index (χ0n) is 8.43. The van der Waals surface area contributed by atoms with Crippen molar-refractivity contribution in [3.63, 3.8) is 0 Å². The van der Waals surface area contributed by atoms with E-state index in [0.29, 0.717) is 0 Å². The fraction of sp³-hybridized carbons (Fsp3) is 0.400. The first kappa shape index (κ1) is 11.8. The van der Waals surface area contributed by atoms with Gasteiger partial charge in [0.1, 0.15) is 0 Å². The number of ether oxygens (including phenoxy) is 1. The lowest BCUT2D eigenvalue weighted by Gasteiger charge is -2.24. The highest BCUT2D eigenvalue weighted by Gasteiger charge is 2.32. The Morgan fingerprint density at radius 2 is 2.00 bits per heavy atom. The smallest absolute Gasteiger partial charge is 0.260 e. The first-order chi connectivity index (χ1) is 6.89. The molecule has 0 saturated heterocycles. The average Bonchev–Trinajstić information content (AvgIpc) is 2.17. The van der Waals surface area contributed by atoms with Gasteiger partial charge in [-0.3, -0.25) is 0 Å². The van der Waals surface area contributed by atoms with E-state index in [-0.39, 0.29) is 11.3 Å². The Bertz CT molecular complexity index is 353. The van der Waals surface area contributed by atoms with Crippen LogP contribution in [0.2, 0.25) is 0 Å². The molecular formula is C10H12F3NO. The molecule has 0 aliphatic heterocycles. The molecule has 1 aromatic carbocycles. The van der Waals surface area contributed by atoms with Crippen LogP contribution in [0, 0.1) is 5.82 Å². The van der Waals surface area contributed by atoms with Crippen molar-refractivity contribution in [2.45, 2.75) is 18.9 Å². The molecule has 84 valence electrons. The normalized spacial score (nSPS) is 15.1. The first-order valence-electron chi connectivity index (χ1n) is 4.30. The SMILES string of the molecule is COc1ccc(C(C)(N)C(F)F)cc1F. The number of hydrogen-bond donors (Lipinski definition) is 1. The number of nitrogens with two attached hydrogens (primary N) is 1. The quantitative estimate of drug-likeness (QED) is 0.846.